The molecule has 0 fully saturated rings. The lowest BCUT2D eigenvalue weighted by atomic mass is 10.2. The number of nitrogens with zero attached hydrogens (tertiary/aromatic N) is 3. The fourth-order valence-corrected chi connectivity index (χ4v) is 3.12. The number of fused-ring (bicyclic) bond motifs is 1. The average Bonchev–Trinajstić information content (AvgIpc) is 3.00. The molecular weight excluding hydrogens is 351 g/mol. The van der Waals surface area contributed by atoms with Crippen LogP contribution >= 0.6 is 23.3 Å². The Bertz CT molecular complexity index is 865. The maximum atomic E-state index is 13.8. The molecule has 3 rings (SSSR count). The molecule has 124 valence electrons. The number of likely N-dealkylation sites (N-methyl/N-ethyl adjacent to an activating group) is 1. The van der Waals surface area contributed by atoms with Crippen molar-refractivity contribution in [2.24, 2.45) is 0 Å². The van der Waals surface area contributed by atoms with E-state index in [0.717, 1.165) is 17.2 Å². The van der Waals surface area contributed by atoms with E-state index >= 15 is 0 Å². The van der Waals surface area contributed by atoms with Crippen LogP contribution in [0, 0.1) is 5.82 Å². The molecule has 0 saturated carbocycles. The van der Waals surface area contributed by atoms with Gasteiger partial charge in [-0.2, -0.15) is 8.75 Å². The van der Waals surface area contributed by atoms with Crippen LogP contribution in [0.5, 0.6) is 0 Å². The number of benzene rings is 2. The van der Waals surface area contributed by atoms with Crippen molar-refractivity contribution in [3.63, 3.8) is 0 Å². The lowest BCUT2D eigenvalue weighted by Crippen LogP contribution is -2.30. The highest BCUT2D eigenvalue weighted by molar-refractivity contribution is 7.00. The van der Waals surface area contributed by atoms with Gasteiger partial charge in [-0.25, -0.2) is 4.39 Å². The van der Waals surface area contributed by atoms with Crippen LogP contribution in [0.25, 0.3) is 11.0 Å². The normalized spacial score (nSPS) is 11.2. The van der Waals surface area contributed by atoms with E-state index in [1.54, 1.807) is 30.1 Å². The van der Waals surface area contributed by atoms with Gasteiger partial charge in [0.15, 0.2) is 0 Å². The Morgan fingerprint density at radius 3 is 2.88 bits per heavy atom. The van der Waals surface area contributed by atoms with Crippen molar-refractivity contribution < 1.29 is 9.18 Å². The summed E-state index contributed by atoms with van der Waals surface area (Å²) in [5.74, 6) is -0.599. The maximum Gasteiger partial charge on any atom is 0.238 e. The van der Waals surface area contributed by atoms with Crippen molar-refractivity contribution in [3.05, 3.63) is 52.8 Å². The molecule has 1 aromatic heterocycles. The Morgan fingerprint density at radius 1 is 1.29 bits per heavy atom. The highest BCUT2D eigenvalue weighted by Crippen LogP contribution is 2.22. The second-order valence-electron chi connectivity index (χ2n) is 5.36. The summed E-state index contributed by atoms with van der Waals surface area (Å²) in [6.07, 6.45) is 0. The summed E-state index contributed by atoms with van der Waals surface area (Å²) in [4.78, 5) is 13.9. The highest BCUT2D eigenvalue weighted by atomic mass is 35.5. The molecule has 0 aliphatic rings. The molecule has 0 bridgehead atoms. The third-order valence-corrected chi connectivity index (χ3v) is 4.36. The Morgan fingerprint density at radius 2 is 2.08 bits per heavy atom. The van der Waals surface area contributed by atoms with Gasteiger partial charge in [-0.15, -0.1) is 0 Å². The first-order chi connectivity index (χ1) is 11.5. The standard InChI is InChI=1S/C16H14ClFN4OS/c1-22(8-10-11(17)4-2-5-12(10)18)9-15(23)19-13-6-3-7-14-16(13)21-24-20-14/h2-7H,8-9H2,1H3,(H,19,23). The van der Waals surface area contributed by atoms with Gasteiger partial charge >= 0.3 is 0 Å². The Hall–Kier alpha value is -2.09. The van der Waals surface area contributed by atoms with Crippen molar-refractivity contribution >= 4 is 46.0 Å². The minimum atomic E-state index is -0.381. The Balaban J connectivity index is 1.65. The zero-order valence-electron chi connectivity index (χ0n) is 12.8. The van der Waals surface area contributed by atoms with Crippen molar-refractivity contribution in [3.8, 4) is 0 Å². The van der Waals surface area contributed by atoms with Crippen LogP contribution < -0.4 is 5.32 Å². The van der Waals surface area contributed by atoms with Gasteiger partial charge in [-0.3, -0.25) is 9.69 Å². The number of anilines is 1. The van der Waals surface area contributed by atoms with Crippen molar-refractivity contribution in [2.45, 2.75) is 6.54 Å². The molecule has 0 aliphatic carbocycles. The van der Waals surface area contributed by atoms with Crippen LogP contribution in [0.3, 0.4) is 0 Å². The summed E-state index contributed by atoms with van der Waals surface area (Å²) in [5.41, 5.74) is 2.39. The topological polar surface area (TPSA) is 58.1 Å². The van der Waals surface area contributed by atoms with Gasteiger partial charge < -0.3 is 5.32 Å². The van der Waals surface area contributed by atoms with Crippen LogP contribution in [0.4, 0.5) is 10.1 Å². The molecule has 1 N–H and O–H groups in total. The van der Waals surface area contributed by atoms with E-state index in [9.17, 15) is 9.18 Å². The SMILES string of the molecule is CN(CC(=O)Nc1cccc2nsnc12)Cc1c(F)cccc1Cl. The Kier molecular flexibility index (Phi) is 5.03. The number of rotatable bonds is 5. The molecule has 0 unspecified atom stereocenters. The zero-order valence-corrected chi connectivity index (χ0v) is 14.4. The molecule has 0 saturated heterocycles. The van der Waals surface area contributed by atoms with Gasteiger partial charge in [0.2, 0.25) is 5.91 Å². The van der Waals surface area contributed by atoms with Crippen molar-refractivity contribution in [1.29, 1.82) is 0 Å². The molecular formula is C16H14ClFN4OS. The van der Waals surface area contributed by atoms with Crippen molar-refractivity contribution in [1.82, 2.24) is 13.6 Å². The maximum absolute atomic E-state index is 13.8. The number of carbonyl (C=O) groups is 1. The second-order valence-corrected chi connectivity index (χ2v) is 6.29. The van der Waals surface area contributed by atoms with E-state index in [2.05, 4.69) is 14.1 Å². The zero-order chi connectivity index (χ0) is 17.1. The van der Waals surface area contributed by atoms with E-state index in [1.165, 1.54) is 6.07 Å². The number of carbonyl (C=O) groups excluding carboxylic acids is 1. The molecule has 8 heteroatoms. The van der Waals surface area contributed by atoms with Crippen LogP contribution in [0.15, 0.2) is 36.4 Å². The van der Waals surface area contributed by atoms with Gasteiger partial charge in [0.25, 0.3) is 0 Å². The van der Waals surface area contributed by atoms with Gasteiger partial charge in [0.1, 0.15) is 16.9 Å². The fraction of sp³-hybridized carbons (Fsp3) is 0.188. The lowest BCUT2D eigenvalue weighted by molar-refractivity contribution is -0.117. The minimum absolute atomic E-state index is 0.0958. The van der Waals surface area contributed by atoms with Crippen molar-refractivity contribution in [2.75, 3.05) is 18.9 Å². The number of amides is 1. The predicted molar refractivity (Wildman–Crippen MR) is 93.8 cm³/mol. The van der Waals surface area contributed by atoms with Gasteiger partial charge in [0.05, 0.1) is 24.0 Å². The third-order valence-electron chi connectivity index (χ3n) is 3.46. The molecule has 1 amide bonds. The van der Waals surface area contributed by atoms with E-state index in [-0.39, 0.29) is 24.8 Å². The summed E-state index contributed by atoms with van der Waals surface area (Å²) in [5, 5.41) is 3.16. The van der Waals surface area contributed by atoms with E-state index < -0.39 is 0 Å². The van der Waals surface area contributed by atoms with E-state index in [1.807, 2.05) is 12.1 Å². The van der Waals surface area contributed by atoms with Gasteiger partial charge in [-0.05, 0) is 31.3 Å². The van der Waals surface area contributed by atoms with Crippen LogP contribution in [-0.2, 0) is 11.3 Å². The average molecular weight is 365 g/mol. The van der Waals surface area contributed by atoms with Crippen LogP contribution in [0.2, 0.25) is 5.02 Å². The molecule has 24 heavy (non-hydrogen) atoms. The smallest absolute Gasteiger partial charge is 0.238 e. The first kappa shape index (κ1) is 16.8. The summed E-state index contributed by atoms with van der Waals surface area (Å²) in [6, 6.07) is 9.95. The van der Waals surface area contributed by atoms with E-state index in [4.69, 9.17) is 11.6 Å². The highest BCUT2D eigenvalue weighted by Gasteiger charge is 2.14. The minimum Gasteiger partial charge on any atom is -0.323 e. The number of nitrogens with one attached hydrogen (secondary N) is 1. The molecule has 0 spiro atoms. The first-order valence-electron chi connectivity index (χ1n) is 7.17. The quantitative estimate of drug-likeness (QED) is 0.752. The number of halogens is 2. The summed E-state index contributed by atoms with van der Waals surface area (Å²) in [7, 11) is 1.73. The number of aromatic nitrogens is 2. The summed E-state index contributed by atoms with van der Waals surface area (Å²) in [6.45, 7) is 0.333. The molecule has 0 radical (unpaired) electrons. The van der Waals surface area contributed by atoms with Crippen LogP contribution in [-0.4, -0.2) is 33.1 Å². The molecule has 5 nitrogen and oxygen atoms in total. The Labute approximate surface area is 147 Å². The summed E-state index contributed by atoms with van der Waals surface area (Å²) < 4.78 is 22.1. The first-order valence-corrected chi connectivity index (χ1v) is 8.28. The van der Waals surface area contributed by atoms with Gasteiger partial charge in [-0.1, -0.05) is 23.7 Å². The summed E-state index contributed by atoms with van der Waals surface area (Å²) >= 11 is 7.11. The molecule has 0 aliphatic heterocycles. The fourth-order valence-electron chi connectivity index (χ4n) is 2.35. The molecule has 3 aromatic rings. The monoisotopic (exact) mass is 364 g/mol. The molecule has 0 atom stereocenters. The molecule has 2 aromatic carbocycles. The number of hydrogen-bond donors (Lipinski definition) is 1. The lowest BCUT2D eigenvalue weighted by Gasteiger charge is -2.17. The third kappa shape index (κ3) is 3.69. The molecule has 1 heterocycles. The predicted octanol–water partition coefficient (Wildman–Crippen LogP) is 3.55. The second kappa shape index (κ2) is 7.21. The number of hydrogen-bond acceptors (Lipinski definition) is 5. The van der Waals surface area contributed by atoms with Crippen LogP contribution in [0.1, 0.15) is 5.56 Å². The van der Waals surface area contributed by atoms with E-state index in [0.29, 0.717) is 21.8 Å². The van der Waals surface area contributed by atoms with Gasteiger partial charge in [0, 0.05) is 17.1 Å². The largest absolute Gasteiger partial charge is 0.323 e.